The minimum atomic E-state index is -0.407. The lowest BCUT2D eigenvalue weighted by Crippen LogP contribution is -1.95. The van der Waals surface area contributed by atoms with E-state index in [1.165, 1.54) is 6.07 Å². The van der Waals surface area contributed by atoms with Crippen molar-refractivity contribution in [1.29, 1.82) is 0 Å². The number of rotatable bonds is 3. The van der Waals surface area contributed by atoms with E-state index in [1.54, 1.807) is 19.4 Å². The van der Waals surface area contributed by atoms with Crippen molar-refractivity contribution in [2.24, 2.45) is 4.99 Å². The monoisotopic (exact) mass is 279 g/mol. The van der Waals surface area contributed by atoms with Gasteiger partial charge in [-0.2, -0.15) is 0 Å². The van der Waals surface area contributed by atoms with Crippen molar-refractivity contribution in [3.8, 4) is 5.75 Å². The van der Waals surface area contributed by atoms with Crippen molar-refractivity contribution in [3.63, 3.8) is 0 Å². The van der Waals surface area contributed by atoms with Gasteiger partial charge in [-0.1, -0.05) is 12.1 Å². The predicted molar refractivity (Wildman–Crippen MR) is 82.7 cm³/mol. The van der Waals surface area contributed by atoms with Crippen LogP contribution in [0, 0.1) is 0 Å². The van der Waals surface area contributed by atoms with Gasteiger partial charge in [0.15, 0.2) is 0 Å². The number of aliphatic imine (C=N–C) groups is 1. The second-order valence-electron chi connectivity index (χ2n) is 4.48. The fourth-order valence-electron chi connectivity index (χ4n) is 2.04. The van der Waals surface area contributed by atoms with Gasteiger partial charge in [0.25, 0.3) is 0 Å². The average Bonchev–Trinajstić information content (AvgIpc) is 2.53. The van der Waals surface area contributed by atoms with Gasteiger partial charge < -0.3 is 9.15 Å². The second-order valence-corrected chi connectivity index (χ2v) is 4.48. The van der Waals surface area contributed by atoms with Crippen LogP contribution in [0.5, 0.6) is 5.75 Å². The quantitative estimate of drug-likeness (QED) is 0.544. The normalized spacial score (nSPS) is 11.1. The summed E-state index contributed by atoms with van der Waals surface area (Å²) in [5, 5.41) is 0.807. The highest BCUT2D eigenvalue weighted by molar-refractivity contribution is 5.91. The van der Waals surface area contributed by atoms with Crippen LogP contribution in [0.25, 0.3) is 11.0 Å². The highest BCUT2D eigenvalue weighted by Gasteiger charge is 2.03. The number of fused-ring (bicyclic) bond motifs is 1. The third kappa shape index (κ3) is 2.84. The topological polar surface area (TPSA) is 51.8 Å². The Hall–Kier alpha value is -2.88. The van der Waals surface area contributed by atoms with Crippen LogP contribution < -0.4 is 10.4 Å². The molecule has 0 saturated carbocycles. The number of nitrogens with zero attached hydrogens (tertiary/aromatic N) is 1. The third-order valence-corrected chi connectivity index (χ3v) is 3.10. The van der Waals surface area contributed by atoms with Gasteiger partial charge in [-0.15, -0.1) is 0 Å². The first kappa shape index (κ1) is 13.1. The highest BCUT2D eigenvalue weighted by Crippen LogP contribution is 2.23. The number of benzene rings is 2. The van der Waals surface area contributed by atoms with Gasteiger partial charge in [0.05, 0.1) is 18.9 Å². The number of ether oxygens (including phenoxy) is 1. The summed E-state index contributed by atoms with van der Waals surface area (Å²) >= 11 is 0. The Kier molecular flexibility index (Phi) is 3.51. The van der Waals surface area contributed by atoms with E-state index in [-0.39, 0.29) is 0 Å². The first-order chi connectivity index (χ1) is 10.3. The molecule has 104 valence electrons. The van der Waals surface area contributed by atoms with E-state index < -0.39 is 5.63 Å². The molecule has 0 atom stereocenters. The number of methoxy groups -OCH3 is 1. The van der Waals surface area contributed by atoms with E-state index in [9.17, 15) is 4.79 Å². The summed E-state index contributed by atoms with van der Waals surface area (Å²) in [5.74, 6) is 0.790. The molecule has 3 rings (SSSR count). The smallest absolute Gasteiger partial charge is 0.338 e. The minimum absolute atomic E-state index is 0.407. The fraction of sp³-hybridized carbons (Fsp3) is 0.0588. The van der Waals surface area contributed by atoms with Gasteiger partial charge in [0.1, 0.15) is 11.3 Å². The Morgan fingerprint density at radius 1 is 1.10 bits per heavy atom. The Morgan fingerprint density at radius 3 is 2.62 bits per heavy atom. The van der Waals surface area contributed by atoms with Crippen molar-refractivity contribution in [1.82, 2.24) is 0 Å². The van der Waals surface area contributed by atoms with Gasteiger partial charge in [0, 0.05) is 11.6 Å². The number of para-hydroxylation sites is 1. The van der Waals surface area contributed by atoms with Crippen LogP contribution in [-0.2, 0) is 0 Å². The summed E-state index contributed by atoms with van der Waals surface area (Å²) in [6.45, 7) is 0. The summed E-state index contributed by atoms with van der Waals surface area (Å²) in [6, 6.07) is 16.2. The van der Waals surface area contributed by atoms with Crippen molar-refractivity contribution in [2.75, 3.05) is 7.11 Å². The SMILES string of the molecule is COc1ccc(C=Nc2cc(=O)oc3ccccc23)cc1. The first-order valence-corrected chi connectivity index (χ1v) is 6.47. The lowest BCUT2D eigenvalue weighted by atomic mass is 10.2. The van der Waals surface area contributed by atoms with Crippen LogP contribution in [0.2, 0.25) is 0 Å². The van der Waals surface area contributed by atoms with Crippen LogP contribution in [0.4, 0.5) is 5.69 Å². The molecule has 2 aromatic carbocycles. The molecule has 0 aliphatic heterocycles. The molecular weight excluding hydrogens is 266 g/mol. The Balaban J connectivity index is 2.00. The molecule has 0 aliphatic rings. The molecule has 0 N–H and O–H groups in total. The van der Waals surface area contributed by atoms with Crippen LogP contribution >= 0.6 is 0 Å². The van der Waals surface area contributed by atoms with Crippen molar-refractivity contribution >= 4 is 22.9 Å². The largest absolute Gasteiger partial charge is 0.497 e. The van der Waals surface area contributed by atoms with E-state index in [0.29, 0.717) is 11.3 Å². The van der Waals surface area contributed by atoms with Gasteiger partial charge in [0.2, 0.25) is 0 Å². The highest BCUT2D eigenvalue weighted by atomic mass is 16.5. The standard InChI is InChI=1S/C17H13NO3/c1-20-13-8-6-12(7-9-13)11-18-15-10-17(19)21-16-5-3-2-4-14(15)16/h2-11H,1H3. The number of hydrogen-bond donors (Lipinski definition) is 0. The molecule has 3 aromatic rings. The van der Waals surface area contributed by atoms with Crippen molar-refractivity contribution in [2.45, 2.75) is 0 Å². The number of hydrogen-bond acceptors (Lipinski definition) is 4. The Labute approximate surface area is 121 Å². The zero-order chi connectivity index (χ0) is 14.7. The van der Waals surface area contributed by atoms with Gasteiger partial charge >= 0.3 is 5.63 Å². The lowest BCUT2D eigenvalue weighted by Gasteiger charge is -2.01. The van der Waals surface area contributed by atoms with Crippen molar-refractivity contribution in [3.05, 3.63) is 70.6 Å². The van der Waals surface area contributed by atoms with E-state index in [4.69, 9.17) is 9.15 Å². The summed E-state index contributed by atoms with van der Waals surface area (Å²) in [4.78, 5) is 15.9. The van der Waals surface area contributed by atoms with E-state index in [2.05, 4.69) is 4.99 Å². The lowest BCUT2D eigenvalue weighted by molar-refractivity contribution is 0.415. The van der Waals surface area contributed by atoms with Crippen LogP contribution in [0.15, 0.2) is 68.8 Å². The summed E-state index contributed by atoms with van der Waals surface area (Å²) in [6.07, 6.45) is 1.71. The molecule has 21 heavy (non-hydrogen) atoms. The third-order valence-electron chi connectivity index (χ3n) is 3.10. The van der Waals surface area contributed by atoms with Gasteiger partial charge in [-0.05, 0) is 42.0 Å². The van der Waals surface area contributed by atoms with E-state index in [1.807, 2.05) is 42.5 Å². The van der Waals surface area contributed by atoms with Crippen LogP contribution in [-0.4, -0.2) is 13.3 Å². The molecule has 4 heteroatoms. The van der Waals surface area contributed by atoms with E-state index in [0.717, 1.165) is 16.7 Å². The summed E-state index contributed by atoms with van der Waals surface area (Å²) in [7, 11) is 1.62. The Morgan fingerprint density at radius 2 is 1.86 bits per heavy atom. The van der Waals surface area contributed by atoms with Crippen LogP contribution in [0.3, 0.4) is 0 Å². The maximum absolute atomic E-state index is 11.5. The molecule has 0 bridgehead atoms. The van der Waals surface area contributed by atoms with Gasteiger partial charge in [-0.3, -0.25) is 4.99 Å². The maximum Gasteiger partial charge on any atom is 0.338 e. The summed E-state index contributed by atoms with van der Waals surface area (Å²) in [5.41, 5.74) is 1.65. The summed E-state index contributed by atoms with van der Waals surface area (Å²) < 4.78 is 10.2. The molecule has 1 heterocycles. The van der Waals surface area contributed by atoms with E-state index >= 15 is 0 Å². The molecule has 0 unspecified atom stereocenters. The zero-order valence-electron chi connectivity index (χ0n) is 11.4. The molecule has 1 aromatic heterocycles. The molecule has 0 fully saturated rings. The Bertz CT molecular complexity index is 848. The average molecular weight is 279 g/mol. The molecule has 0 radical (unpaired) electrons. The fourth-order valence-corrected chi connectivity index (χ4v) is 2.04. The van der Waals surface area contributed by atoms with Crippen molar-refractivity contribution < 1.29 is 9.15 Å². The first-order valence-electron chi connectivity index (χ1n) is 6.47. The molecule has 0 amide bonds. The maximum atomic E-state index is 11.5. The minimum Gasteiger partial charge on any atom is -0.497 e. The molecule has 4 nitrogen and oxygen atoms in total. The zero-order valence-corrected chi connectivity index (χ0v) is 11.4. The molecule has 0 saturated heterocycles. The molecule has 0 spiro atoms. The second kappa shape index (κ2) is 5.63. The van der Waals surface area contributed by atoms with Crippen LogP contribution in [0.1, 0.15) is 5.56 Å². The molecular formula is C17H13NO3. The van der Waals surface area contributed by atoms with Gasteiger partial charge in [-0.25, -0.2) is 4.79 Å². The predicted octanol–water partition coefficient (Wildman–Crippen LogP) is 3.55. The molecule has 0 aliphatic carbocycles.